The van der Waals surface area contributed by atoms with Crippen molar-refractivity contribution in [2.75, 3.05) is 0 Å². The van der Waals surface area contributed by atoms with Gasteiger partial charge in [0.15, 0.2) is 0 Å². The van der Waals surface area contributed by atoms with Crippen molar-refractivity contribution in [3.8, 4) is 0 Å². The van der Waals surface area contributed by atoms with Gasteiger partial charge in [-0.3, -0.25) is 0 Å². The smallest absolute Gasteiger partial charge is 0.124 e. The molecule has 0 aliphatic rings. The molecule has 0 radical (unpaired) electrons. The molecule has 90 valence electrons. The van der Waals surface area contributed by atoms with E-state index in [2.05, 4.69) is 12.2 Å². The van der Waals surface area contributed by atoms with Gasteiger partial charge in [0.1, 0.15) is 5.82 Å². The zero-order valence-corrected chi connectivity index (χ0v) is 10.9. The van der Waals surface area contributed by atoms with E-state index in [1.165, 1.54) is 12.1 Å². The van der Waals surface area contributed by atoms with Gasteiger partial charge < -0.3 is 5.32 Å². The highest BCUT2D eigenvalue weighted by Gasteiger charge is 2.07. The van der Waals surface area contributed by atoms with Crippen molar-refractivity contribution in [2.24, 2.45) is 0 Å². The van der Waals surface area contributed by atoms with Crippen LogP contribution in [0.15, 0.2) is 18.2 Å². The fourth-order valence-electron chi connectivity index (χ4n) is 1.52. The number of benzene rings is 1. The van der Waals surface area contributed by atoms with Crippen LogP contribution >= 0.6 is 23.2 Å². The second kappa shape index (κ2) is 6.43. The van der Waals surface area contributed by atoms with Crippen LogP contribution in [-0.2, 0) is 6.54 Å². The molecule has 0 fully saturated rings. The van der Waals surface area contributed by atoms with Crippen LogP contribution in [0.1, 0.15) is 25.8 Å². The number of rotatable bonds is 5. The number of halogens is 3. The molecule has 1 aromatic rings. The highest BCUT2D eigenvalue weighted by Crippen LogP contribution is 2.17. The van der Waals surface area contributed by atoms with Crippen LogP contribution in [0, 0.1) is 5.82 Å². The van der Waals surface area contributed by atoms with E-state index in [-0.39, 0.29) is 11.2 Å². The molecule has 0 spiro atoms. The maximum atomic E-state index is 12.8. The predicted octanol–water partition coefficient (Wildman–Crippen LogP) is 3.97. The third kappa shape index (κ3) is 4.69. The Balaban J connectivity index is 2.48. The summed E-state index contributed by atoms with van der Waals surface area (Å²) < 4.78 is 12.8. The Morgan fingerprint density at radius 2 is 2.06 bits per heavy atom. The van der Waals surface area contributed by atoms with Crippen molar-refractivity contribution in [3.05, 3.63) is 34.6 Å². The molecule has 4 heteroatoms. The van der Waals surface area contributed by atoms with Crippen molar-refractivity contribution in [3.63, 3.8) is 0 Å². The van der Waals surface area contributed by atoms with Crippen LogP contribution in [0.3, 0.4) is 0 Å². The molecule has 1 rings (SSSR count). The zero-order chi connectivity index (χ0) is 12.1. The molecule has 0 bridgehead atoms. The average molecular weight is 264 g/mol. The quantitative estimate of drug-likeness (QED) is 0.793. The standard InChI is InChI=1S/C12H16Cl2FN/c1-8(13)5-9(2)16-7-10-3-4-11(15)6-12(10)14/h3-4,6,8-9,16H,5,7H2,1-2H3. The summed E-state index contributed by atoms with van der Waals surface area (Å²) in [6, 6.07) is 4.75. The number of nitrogens with one attached hydrogen (secondary N) is 1. The molecule has 0 heterocycles. The fourth-order valence-corrected chi connectivity index (χ4v) is 2.02. The minimum absolute atomic E-state index is 0.145. The van der Waals surface area contributed by atoms with E-state index < -0.39 is 0 Å². The number of hydrogen-bond acceptors (Lipinski definition) is 1. The SMILES string of the molecule is CC(Cl)CC(C)NCc1ccc(F)cc1Cl. The van der Waals surface area contributed by atoms with Gasteiger partial charge in [0, 0.05) is 23.0 Å². The lowest BCUT2D eigenvalue weighted by atomic mass is 10.1. The van der Waals surface area contributed by atoms with Crippen molar-refractivity contribution in [2.45, 2.75) is 38.2 Å². The fraction of sp³-hybridized carbons (Fsp3) is 0.500. The van der Waals surface area contributed by atoms with Gasteiger partial charge in [-0.1, -0.05) is 17.7 Å². The van der Waals surface area contributed by atoms with Crippen LogP contribution in [0.5, 0.6) is 0 Å². The van der Waals surface area contributed by atoms with E-state index in [0.717, 1.165) is 12.0 Å². The Labute approximate surface area is 106 Å². The minimum atomic E-state index is -0.309. The molecule has 0 aliphatic heterocycles. The molecule has 2 atom stereocenters. The van der Waals surface area contributed by atoms with E-state index in [4.69, 9.17) is 23.2 Å². The van der Waals surface area contributed by atoms with E-state index in [1.54, 1.807) is 6.07 Å². The average Bonchev–Trinajstić information content (AvgIpc) is 2.15. The lowest BCUT2D eigenvalue weighted by Gasteiger charge is -2.15. The van der Waals surface area contributed by atoms with Gasteiger partial charge in [0.2, 0.25) is 0 Å². The molecule has 0 aliphatic carbocycles. The minimum Gasteiger partial charge on any atom is -0.310 e. The molecule has 0 saturated heterocycles. The van der Waals surface area contributed by atoms with Gasteiger partial charge in [-0.2, -0.15) is 0 Å². The van der Waals surface area contributed by atoms with Crippen LogP contribution in [0.25, 0.3) is 0 Å². The first-order chi connectivity index (χ1) is 7.49. The third-order valence-corrected chi connectivity index (χ3v) is 2.86. The normalized spacial score (nSPS) is 14.8. The lowest BCUT2D eigenvalue weighted by Crippen LogP contribution is -2.27. The summed E-state index contributed by atoms with van der Waals surface area (Å²) in [5.41, 5.74) is 0.900. The first-order valence-corrected chi connectivity index (χ1v) is 6.12. The summed E-state index contributed by atoms with van der Waals surface area (Å²) >= 11 is 11.8. The third-order valence-electron chi connectivity index (χ3n) is 2.33. The van der Waals surface area contributed by atoms with Gasteiger partial charge in [-0.25, -0.2) is 4.39 Å². The van der Waals surface area contributed by atoms with Gasteiger partial charge in [-0.15, -0.1) is 11.6 Å². The maximum absolute atomic E-state index is 12.8. The van der Waals surface area contributed by atoms with Crippen molar-refractivity contribution in [1.82, 2.24) is 5.32 Å². The molecular weight excluding hydrogens is 248 g/mol. The largest absolute Gasteiger partial charge is 0.310 e. The van der Waals surface area contributed by atoms with Gasteiger partial charge in [0.05, 0.1) is 0 Å². The summed E-state index contributed by atoms with van der Waals surface area (Å²) in [7, 11) is 0. The summed E-state index contributed by atoms with van der Waals surface area (Å²) in [4.78, 5) is 0. The first-order valence-electron chi connectivity index (χ1n) is 5.30. The molecule has 1 aromatic carbocycles. The molecule has 1 nitrogen and oxygen atoms in total. The summed E-state index contributed by atoms with van der Waals surface area (Å²) in [6.45, 7) is 4.66. The van der Waals surface area contributed by atoms with Crippen LogP contribution < -0.4 is 5.32 Å². The monoisotopic (exact) mass is 263 g/mol. The zero-order valence-electron chi connectivity index (χ0n) is 9.43. The van der Waals surface area contributed by atoms with Crippen LogP contribution in [0.2, 0.25) is 5.02 Å². The van der Waals surface area contributed by atoms with Crippen molar-refractivity contribution in [1.29, 1.82) is 0 Å². The summed E-state index contributed by atoms with van der Waals surface area (Å²) in [6.07, 6.45) is 0.889. The molecule has 0 aromatic heterocycles. The van der Waals surface area contributed by atoms with E-state index >= 15 is 0 Å². The topological polar surface area (TPSA) is 12.0 Å². The van der Waals surface area contributed by atoms with Gasteiger partial charge in [-0.05, 0) is 38.0 Å². The molecule has 0 amide bonds. The molecule has 2 unspecified atom stereocenters. The Morgan fingerprint density at radius 1 is 1.38 bits per heavy atom. The molecular formula is C12H16Cl2FN. The highest BCUT2D eigenvalue weighted by molar-refractivity contribution is 6.31. The van der Waals surface area contributed by atoms with Gasteiger partial charge in [0.25, 0.3) is 0 Å². The summed E-state index contributed by atoms with van der Waals surface area (Å²) in [5.74, 6) is -0.309. The van der Waals surface area contributed by atoms with Crippen LogP contribution in [0.4, 0.5) is 4.39 Å². The van der Waals surface area contributed by atoms with E-state index in [0.29, 0.717) is 17.6 Å². The van der Waals surface area contributed by atoms with Crippen LogP contribution in [-0.4, -0.2) is 11.4 Å². The number of hydrogen-bond donors (Lipinski definition) is 1. The summed E-state index contributed by atoms with van der Waals surface area (Å²) in [5, 5.41) is 3.90. The predicted molar refractivity (Wildman–Crippen MR) is 67.6 cm³/mol. The highest BCUT2D eigenvalue weighted by atomic mass is 35.5. The Morgan fingerprint density at radius 3 is 2.62 bits per heavy atom. The number of alkyl halides is 1. The van der Waals surface area contributed by atoms with Gasteiger partial charge >= 0.3 is 0 Å². The Hall–Kier alpha value is -0.310. The lowest BCUT2D eigenvalue weighted by molar-refractivity contribution is 0.511. The Kier molecular flexibility index (Phi) is 5.53. The Bertz CT molecular complexity index is 342. The first kappa shape index (κ1) is 13.8. The maximum Gasteiger partial charge on any atom is 0.124 e. The van der Waals surface area contributed by atoms with Crippen molar-refractivity contribution >= 4 is 23.2 Å². The second-order valence-corrected chi connectivity index (χ2v) is 5.19. The van der Waals surface area contributed by atoms with Crippen molar-refractivity contribution < 1.29 is 4.39 Å². The molecule has 16 heavy (non-hydrogen) atoms. The molecule has 1 N–H and O–H groups in total. The molecule has 0 saturated carbocycles. The van der Waals surface area contributed by atoms with E-state index in [1.807, 2.05) is 6.92 Å². The van der Waals surface area contributed by atoms with E-state index in [9.17, 15) is 4.39 Å². The second-order valence-electron chi connectivity index (χ2n) is 4.03.